The van der Waals surface area contributed by atoms with Crippen LogP contribution in [-0.4, -0.2) is 69.8 Å². The average molecular weight is 572 g/mol. The molecule has 1 aliphatic carbocycles. The second kappa shape index (κ2) is 13.9. The fourth-order valence-electron chi connectivity index (χ4n) is 5.33. The lowest BCUT2D eigenvalue weighted by atomic mass is 9.95. The summed E-state index contributed by atoms with van der Waals surface area (Å²) in [6.45, 7) is 3.15. The molecule has 9 nitrogen and oxygen atoms in total. The summed E-state index contributed by atoms with van der Waals surface area (Å²) in [6.07, 6.45) is 7.54. The molecule has 1 N–H and O–H groups in total. The van der Waals surface area contributed by atoms with Gasteiger partial charge in [0.25, 0.3) is 0 Å². The summed E-state index contributed by atoms with van der Waals surface area (Å²) in [5, 5.41) is 3.15. The number of sulfonamides is 1. The first-order valence-corrected chi connectivity index (χ1v) is 16.1. The number of carbonyl (C=O) groups excluding carboxylic acids is 2. The van der Waals surface area contributed by atoms with Crippen LogP contribution in [0.1, 0.15) is 57.4 Å². The van der Waals surface area contributed by atoms with Gasteiger partial charge in [0.1, 0.15) is 19.3 Å². The van der Waals surface area contributed by atoms with Gasteiger partial charge in [-0.25, -0.2) is 8.42 Å². The van der Waals surface area contributed by atoms with Gasteiger partial charge in [-0.15, -0.1) is 0 Å². The lowest BCUT2D eigenvalue weighted by molar-refractivity contribution is -0.140. The molecular formula is C30H41N3O6S. The van der Waals surface area contributed by atoms with E-state index >= 15 is 0 Å². The van der Waals surface area contributed by atoms with Crippen molar-refractivity contribution < 1.29 is 27.5 Å². The van der Waals surface area contributed by atoms with Crippen LogP contribution < -0.4 is 19.1 Å². The molecule has 2 amide bonds. The van der Waals surface area contributed by atoms with Gasteiger partial charge in [-0.3, -0.25) is 13.9 Å². The summed E-state index contributed by atoms with van der Waals surface area (Å²) in [5.41, 5.74) is 1.54. The normalized spacial score (nSPS) is 16.1. The molecule has 0 spiro atoms. The van der Waals surface area contributed by atoms with Crippen molar-refractivity contribution in [3.05, 3.63) is 54.1 Å². The van der Waals surface area contributed by atoms with E-state index in [-0.39, 0.29) is 30.8 Å². The standard InChI is InChI=1S/C30H41N3O6S/c1-23(30(35)31-25-12-7-4-8-13-25)32(19-17-24-10-5-3-6-11-24)29(34)14-9-18-33(40(2,36)37)26-15-16-27-28(22-26)39-21-20-38-27/h3,5-6,10-11,15-16,22-23,25H,4,7-9,12-14,17-21H2,1-2H3,(H,31,35)/t23-/m0/s1. The van der Waals surface area contributed by atoms with Crippen molar-refractivity contribution in [1.82, 2.24) is 10.2 Å². The quantitative estimate of drug-likeness (QED) is 0.414. The molecular weight excluding hydrogens is 530 g/mol. The molecule has 1 saturated carbocycles. The average Bonchev–Trinajstić information content (AvgIpc) is 2.95. The van der Waals surface area contributed by atoms with E-state index in [0.29, 0.717) is 49.8 Å². The monoisotopic (exact) mass is 571 g/mol. The number of nitrogens with one attached hydrogen (secondary N) is 1. The van der Waals surface area contributed by atoms with Gasteiger partial charge in [0.2, 0.25) is 21.8 Å². The molecule has 2 aromatic rings. The molecule has 218 valence electrons. The molecule has 0 saturated heterocycles. The predicted molar refractivity (Wildman–Crippen MR) is 155 cm³/mol. The topological polar surface area (TPSA) is 105 Å². The van der Waals surface area contributed by atoms with Gasteiger partial charge in [0.05, 0.1) is 11.9 Å². The Morgan fingerprint density at radius 1 is 0.975 bits per heavy atom. The highest BCUT2D eigenvalue weighted by Gasteiger charge is 2.28. The van der Waals surface area contributed by atoms with E-state index in [9.17, 15) is 18.0 Å². The van der Waals surface area contributed by atoms with E-state index in [2.05, 4.69) is 5.32 Å². The van der Waals surface area contributed by atoms with Crippen LogP contribution >= 0.6 is 0 Å². The summed E-state index contributed by atoms with van der Waals surface area (Å²) in [7, 11) is -3.61. The summed E-state index contributed by atoms with van der Waals surface area (Å²) in [4.78, 5) is 28.3. The fourth-order valence-corrected chi connectivity index (χ4v) is 6.29. The summed E-state index contributed by atoms with van der Waals surface area (Å²) in [5.74, 6) is 0.770. The number of ether oxygens (including phenoxy) is 2. The molecule has 40 heavy (non-hydrogen) atoms. The fraction of sp³-hybridized carbons (Fsp3) is 0.533. The largest absolute Gasteiger partial charge is 0.486 e. The molecule has 4 rings (SSSR count). The molecule has 1 fully saturated rings. The van der Waals surface area contributed by atoms with Gasteiger partial charge >= 0.3 is 0 Å². The molecule has 0 radical (unpaired) electrons. The zero-order valence-corrected chi connectivity index (χ0v) is 24.3. The molecule has 1 heterocycles. The molecule has 0 aromatic heterocycles. The van der Waals surface area contributed by atoms with Gasteiger partial charge in [0.15, 0.2) is 11.5 Å². The van der Waals surface area contributed by atoms with Crippen molar-refractivity contribution in [2.45, 2.75) is 70.4 Å². The van der Waals surface area contributed by atoms with Gasteiger partial charge in [-0.2, -0.15) is 0 Å². The van der Waals surface area contributed by atoms with Gasteiger partial charge in [-0.05, 0) is 50.3 Å². The van der Waals surface area contributed by atoms with E-state index in [0.717, 1.165) is 37.5 Å². The van der Waals surface area contributed by atoms with E-state index in [1.807, 2.05) is 30.3 Å². The smallest absolute Gasteiger partial charge is 0.242 e. The Morgan fingerprint density at radius 3 is 2.38 bits per heavy atom. The Bertz CT molecular complexity index is 1250. The number of hydrogen-bond donors (Lipinski definition) is 1. The van der Waals surface area contributed by atoms with Crippen LogP contribution in [0.25, 0.3) is 0 Å². The van der Waals surface area contributed by atoms with E-state index in [4.69, 9.17) is 9.47 Å². The first kappa shape index (κ1) is 29.7. The molecule has 0 bridgehead atoms. The zero-order chi connectivity index (χ0) is 28.5. The summed E-state index contributed by atoms with van der Waals surface area (Å²) >= 11 is 0. The number of benzene rings is 2. The predicted octanol–water partition coefficient (Wildman–Crippen LogP) is 3.91. The second-order valence-electron chi connectivity index (χ2n) is 10.6. The second-order valence-corrected chi connectivity index (χ2v) is 12.5. The van der Waals surface area contributed by atoms with Crippen molar-refractivity contribution in [3.63, 3.8) is 0 Å². The minimum atomic E-state index is -3.61. The highest BCUT2D eigenvalue weighted by molar-refractivity contribution is 7.92. The van der Waals surface area contributed by atoms with Crippen LogP contribution in [-0.2, 0) is 26.0 Å². The van der Waals surface area contributed by atoms with Crippen molar-refractivity contribution >= 4 is 27.5 Å². The third-order valence-electron chi connectivity index (χ3n) is 7.57. The van der Waals surface area contributed by atoms with E-state index in [1.165, 1.54) is 10.7 Å². The number of carbonyl (C=O) groups is 2. The van der Waals surface area contributed by atoms with Crippen LogP contribution in [0.5, 0.6) is 11.5 Å². The Morgan fingerprint density at radius 2 is 1.68 bits per heavy atom. The maximum absolute atomic E-state index is 13.5. The number of amides is 2. The highest BCUT2D eigenvalue weighted by atomic mass is 32.2. The molecule has 10 heteroatoms. The van der Waals surface area contributed by atoms with Gasteiger partial charge in [0, 0.05) is 31.6 Å². The Balaban J connectivity index is 1.42. The van der Waals surface area contributed by atoms with E-state index < -0.39 is 16.1 Å². The van der Waals surface area contributed by atoms with Crippen molar-refractivity contribution in [1.29, 1.82) is 0 Å². The van der Waals surface area contributed by atoms with Crippen molar-refractivity contribution in [2.24, 2.45) is 0 Å². The van der Waals surface area contributed by atoms with Crippen LogP contribution in [0, 0.1) is 0 Å². The minimum Gasteiger partial charge on any atom is -0.486 e. The van der Waals surface area contributed by atoms with Crippen molar-refractivity contribution in [3.8, 4) is 11.5 Å². The number of rotatable bonds is 12. The lowest BCUT2D eigenvalue weighted by Gasteiger charge is -2.31. The number of hydrogen-bond acceptors (Lipinski definition) is 6. The molecule has 2 aliphatic rings. The van der Waals surface area contributed by atoms with Gasteiger partial charge in [-0.1, -0.05) is 49.6 Å². The Labute approximate surface area is 237 Å². The third-order valence-corrected chi connectivity index (χ3v) is 8.76. The number of anilines is 1. The highest BCUT2D eigenvalue weighted by Crippen LogP contribution is 2.34. The third kappa shape index (κ3) is 8.13. The van der Waals surface area contributed by atoms with E-state index in [1.54, 1.807) is 30.0 Å². The SMILES string of the molecule is C[C@@H](C(=O)NC1CCCCC1)N(CCc1ccccc1)C(=O)CCCN(c1ccc2c(c1)OCCO2)S(C)(=O)=O. The lowest BCUT2D eigenvalue weighted by Crippen LogP contribution is -2.51. The minimum absolute atomic E-state index is 0.117. The zero-order valence-electron chi connectivity index (χ0n) is 23.5. The number of fused-ring (bicyclic) bond motifs is 1. The van der Waals surface area contributed by atoms with Crippen LogP contribution in [0.15, 0.2) is 48.5 Å². The number of nitrogens with zero attached hydrogens (tertiary/aromatic N) is 2. The van der Waals surface area contributed by atoms with Crippen molar-refractivity contribution in [2.75, 3.05) is 36.9 Å². The molecule has 2 aromatic carbocycles. The first-order chi connectivity index (χ1) is 19.2. The summed E-state index contributed by atoms with van der Waals surface area (Å²) in [6, 6.07) is 14.4. The Hall–Kier alpha value is -3.27. The first-order valence-electron chi connectivity index (χ1n) is 14.2. The maximum atomic E-state index is 13.5. The van der Waals surface area contributed by atoms with Crippen LogP contribution in [0.3, 0.4) is 0 Å². The molecule has 0 unspecified atom stereocenters. The molecule has 1 aliphatic heterocycles. The molecule has 1 atom stereocenters. The Kier molecular flexibility index (Phi) is 10.3. The maximum Gasteiger partial charge on any atom is 0.242 e. The van der Waals surface area contributed by atoms with Crippen LogP contribution in [0.2, 0.25) is 0 Å². The van der Waals surface area contributed by atoms with Crippen LogP contribution in [0.4, 0.5) is 5.69 Å². The van der Waals surface area contributed by atoms with Gasteiger partial charge < -0.3 is 19.7 Å². The summed E-state index contributed by atoms with van der Waals surface area (Å²) < 4.78 is 37.8.